The molecule has 3 N–H and O–H groups in total. The Hall–Kier alpha value is -1.59. The van der Waals surface area contributed by atoms with E-state index >= 15 is 0 Å². The number of hydrogen-bond acceptors (Lipinski definition) is 4. The first-order chi connectivity index (χ1) is 9.11. The van der Waals surface area contributed by atoms with Crippen LogP contribution in [-0.4, -0.2) is 36.9 Å². The lowest BCUT2D eigenvalue weighted by atomic mass is 10.1. The van der Waals surface area contributed by atoms with E-state index in [1.165, 1.54) is 0 Å². The lowest BCUT2D eigenvalue weighted by Gasteiger charge is -2.16. The number of amides is 1. The van der Waals surface area contributed by atoms with Gasteiger partial charge in [0.25, 0.3) is 0 Å². The van der Waals surface area contributed by atoms with Crippen LogP contribution in [0.1, 0.15) is 18.9 Å². The fraction of sp³-hybridized carbons (Fsp3) is 0.500. The van der Waals surface area contributed by atoms with Crippen molar-refractivity contribution in [1.82, 2.24) is 10.6 Å². The Morgan fingerprint density at radius 1 is 1.37 bits per heavy atom. The maximum Gasteiger partial charge on any atom is 0.407 e. The zero-order valence-corrected chi connectivity index (χ0v) is 11.4. The second-order valence-electron chi connectivity index (χ2n) is 4.52. The highest BCUT2D eigenvalue weighted by Crippen LogP contribution is 2.01. The van der Waals surface area contributed by atoms with Gasteiger partial charge >= 0.3 is 6.09 Å². The van der Waals surface area contributed by atoms with Crippen LogP contribution in [0.2, 0.25) is 0 Å². The fourth-order valence-corrected chi connectivity index (χ4v) is 1.58. The van der Waals surface area contributed by atoms with Crippen LogP contribution in [0.5, 0.6) is 0 Å². The van der Waals surface area contributed by atoms with Crippen LogP contribution in [0, 0.1) is 0 Å². The highest BCUT2D eigenvalue weighted by atomic mass is 16.5. The number of ether oxygens (including phenoxy) is 1. The standard InChI is InChI=1S/C14H22N2O3/c1-11(15-2)8-13(17)9-16-14(18)19-10-12-6-4-3-5-7-12/h3-7,11,13,15,17H,8-10H2,1-2H3,(H,16,18). The van der Waals surface area contributed by atoms with Crippen LogP contribution in [0.15, 0.2) is 30.3 Å². The van der Waals surface area contributed by atoms with Crippen molar-refractivity contribution in [2.24, 2.45) is 0 Å². The molecule has 0 aromatic heterocycles. The predicted molar refractivity (Wildman–Crippen MR) is 73.8 cm³/mol. The van der Waals surface area contributed by atoms with E-state index < -0.39 is 12.2 Å². The SMILES string of the molecule is CNC(C)CC(O)CNC(=O)OCc1ccccc1. The maximum atomic E-state index is 11.4. The molecule has 5 heteroatoms. The van der Waals surface area contributed by atoms with Gasteiger partial charge in [0, 0.05) is 12.6 Å². The molecule has 0 aliphatic heterocycles. The number of aliphatic hydroxyl groups excluding tert-OH is 1. The lowest BCUT2D eigenvalue weighted by Crippen LogP contribution is -2.36. The van der Waals surface area contributed by atoms with Crippen molar-refractivity contribution in [2.75, 3.05) is 13.6 Å². The first-order valence-electron chi connectivity index (χ1n) is 6.41. The van der Waals surface area contributed by atoms with E-state index in [1.54, 1.807) is 0 Å². The summed E-state index contributed by atoms with van der Waals surface area (Å²) in [6, 6.07) is 9.66. The average molecular weight is 266 g/mol. The maximum absolute atomic E-state index is 11.4. The van der Waals surface area contributed by atoms with Crippen LogP contribution in [-0.2, 0) is 11.3 Å². The number of carbonyl (C=O) groups is 1. The molecule has 1 aromatic rings. The monoisotopic (exact) mass is 266 g/mol. The number of benzene rings is 1. The summed E-state index contributed by atoms with van der Waals surface area (Å²) >= 11 is 0. The predicted octanol–water partition coefficient (Wildman–Crippen LogP) is 1.27. The summed E-state index contributed by atoms with van der Waals surface area (Å²) in [5.74, 6) is 0. The number of carbonyl (C=O) groups excluding carboxylic acids is 1. The first-order valence-corrected chi connectivity index (χ1v) is 6.41. The molecule has 5 nitrogen and oxygen atoms in total. The molecule has 2 unspecified atom stereocenters. The molecule has 1 aromatic carbocycles. The fourth-order valence-electron chi connectivity index (χ4n) is 1.58. The molecule has 0 aliphatic rings. The smallest absolute Gasteiger partial charge is 0.407 e. The van der Waals surface area contributed by atoms with Crippen LogP contribution in [0.4, 0.5) is 4.79 Å². The second-order valence-corrected chi connectivity index (χ2v) is 4.52. The normalized spacial score (nSPS) is 13.6. The molecule has 0 heterocycles. The molecule has 1 rings (SSSR count). The molecular weight excluding hydrogens is 244 g/mol. The third-order valence-electron chi connectivity index (χ3n) is 2.81. The van der Waals surface area contributed by atoms with E-state index in [9.17, 15) is 9.90 Å². The summed E-state index contributed by atoms with van der Waals surface area (Å²) in [4.78, 5) is 11.4. The zero-order valence-electron chi connectivity index (χ0n) is 11.4. The van der Waals surface area contributed by atoms with Crippen molar-refractivity contribution in [2.45, 2.75) is 32.1 Å². The molecule has 19 heavy (non-hydrogen) atoms. The summed E-state index contributed by atoms with van der Waals surface area (Å²) in [5.41, 5.74) is 0.932. The van der Waals surface area contributed by atoms with E-state index in [0.717, 1.165) is 5.56 Å². The largest absolute Gasteiger partial charge is 0.445 e. The van der Waals surface area contributed by atoms with Gasteiger partial charge in [0.05, 0.1) is 6.10 Å². The molecule has 0 aliphatic carbocycles. The van der Waals surface area contributed by atoms with Gasteiger partial charge in [-0.2, -0.15) is 0 Å². The number of nitrogens with one attached hydrogen (secondary N) is 2. The summed E-state index contributed by atoms with van der Waals surface area (Å²) in [5, 5.41) is 15.2. The van der Waals surface area contributed by atoms with E-state index in [4.69, 9.17) is 4.74 Å². The second kappa shape index (κ2) is 8.50. The molecule has 0 spiro atoms. The van der Waals surface area contributed by atoms with Gasteiger partial charge < -0.3 is 20.5 Å². The Labute approximate surface area is 114 Å². The summed E-state index contributed by atoms with van der Waals surface area (Å²) < 4.78 is 5.03. The highest BCUT2D eigenvalue weighted by Gasteiger charge is 2.10. The number of hydrogen-bond donors (Lipinski definition) is 3. The van der Waals surface area contributed by atoms with Crippen molar-refractivity contribution in [3.63, 3.8) is 0 Å². The van der Waals surface area contributed by atoms with E-state index in [1.807, 2.05) is 44.3 Å². The van der Waals surface area contributed by atoms with Crippen LogP contribution >= 0.6 is 0 Å². The van der Waals surface area contributed by atoms with Gasteiger partial charge in [-0.05, 0) is 26.0 Å². The zero-order chi connectivity index (χ0) is 14.1. The van der Waals surface area contributed by atoms with Gasteiger partial charge in [0.2, 0.25) is 0 Å². The van der Waals surface area contributed by atoms with E-state index in [0.29, 0.717) is 6.42 Å². The first kappa shape index (κ1) is 15.5. The Kier molecular flexibility index (Phi) is 6.92. The quantitative estimate of drug-likeness (QED) is 0.695. The molecular formula is C14H22N2O3. The molecule has 0 radical (unpaired) electrons. The van der Waals surface area contributed by atoms with Crippen molar-refractivity contribution in [1.29, 1.82) is 0 Å². The van der Waals surface area contributed by atoms with E-state index in [2.05, 4.69) is 10.6 Å². The molecule has 0 saturated carbocycles. The van der Waals surface area contributed by atoms with Crippen LogP contribution < -0.4 is 10.6 Å². The van der Waals surface area contributed by atoms with Crippen LogP contribution in [0.25, 0.3) is 0 Å². The van der Waals surface area contributed by atoms with E-state index in [-0.39, 0.29) is 19.2 Å². The van der Waals surface area contributed by atoms with Crippen molar-refractivity contribution < 1.29 is 14.6 Å². The summed E-state index contributed by atoms with van der Waals surface area (Å²) in [7, 11) is 1.83. The molecule has 0 saturated heterocycles. The van der Waals surface area contributed by atoms with Gasteiger partial charge in [-0.1, -0.05) is 30.3 Å². The Bertz CT molecular complexity index is 370. The van der Waals surface area contributed by atoms with Gasteiger partial charge in [-0.3, -0.25) is 0 Å². The van der Waals surface area contributed by atoms with Gasteiger partial charge in [-0.25, -0.2) is 4.79 Å². The van der Waals surface area contributed by atoms with Crippen LogP contribution in [0.3, 0.4) is 0 Å². The minimum Gasteiger partial charge on any atom is -0.445 e. The van der Waals surface area contributed by atoms with Gasteiger partial charge in [-0.15, -0.1) is 0 Å². The molecule has 0 fully saturated rings. The molecule has 1 amide bonds. The van der Waals surface area contributed by atoms with Gasteiger partial charge in [0.15, 0.2) is 0 Å². The topological polar surface area (TPSA) is 70.6 Å². The molecule has 2 atom stereocenters. The number of rotatable bonds is 7. The van der Waals surface area contributed by atoms with Crippen molar-refractivity contribution in [3.8, 4) is 0 Å². The Morgan fingerprint density at radius 2 is 2.05 bits per heavy atom. The molecule has 0 bridgehead atoms. The average Bonchev–Trinajstić information content (AvgIpc) is 2.43. The molecule has 106 valence electrons. The number of aliphatic hydroxyl groups is 1. The third kappa shape index (κ3) is 6.79. The minimum absolute atomic E-state index is 0.194. The third-order valence-corrected chi connectivity index (χ3v) is 2.81. The van der Waals surface area contributed by atoms with Crippen molar-refractivity contribution in [3.05, 3.63) is 35.9 Å². The highest BCUT2D eigenvalue weighted by molar-refractivity contribution is 5.67. The summed E-state index contributed by atoms with van der Waals surface area (Å²) in [6.07, 6.45) is -0.512. The van der Waals surface area contributed by atoms with Crippen molar-refractivity contribution >= 4 is 6.09 Å². The lowest BCUT2D eigenvalue weighted by molar-refractivity contribution is 0.120. The number of alkyl carbamates (subject to hydrolysis) is 1. The van der Waals surface area contributed by atoms with Gasteiger partial charge in [0.1, 0.15) is 6.61 Å². The Morgan fingerprint density at radius 3 is 2.68 bits per heavy atom. The summed E-state index contributed by atoms with van der Waals surface area (Å²) in [6.45, 7) is 2.40. The minimum atomic E-state index is -0.577. The Balaban J connectivity index is 2.17.